The fourth-order valence-electron chi connectivity index (χ4n) is 2.08. The molecule has 0 atom stereocenters. The molecule has 1 fully saturated rings. The molecule has 2 rings (SSSR count). The molecule has 6 heteroatoms. The van der Waals surface area contributed by atoms with Gasteiger partial charge in [-0.1, -0.05) is 12.1 Å². The second-order valence-corrected chi connectivity index (χ2v) is 6.83. The number of nitrogens with zero attached hydrogens (tertiary/aromatic N) is 1. The van der Waals surface area contributed by atoms with E-state index in [1.807, 2.05) is 4.90 Å². The van der Waals surface area contributed by atoms with Crippen LogP contribution in [0.25, 0.3) is 0 Å². The van der Waals surface area contributed by atoms with Gasteiger partial charge >= 0.3 is 0 Å². The van der Waals surface area contributed by atoms with E-state index in [1.165, 1.54) is 6.07 Å². The highest BCUT2D eigenvalue weighted by Crippen LogP contribution is 2.22. The minimum Gasteiger partial charge on any atom is -0.505 e. The summed E-state index contributed by atoms with van der Waals surface area (Å²) in [7, 11) is -2.94. The van der Waals surface area contributed by atoms with Crippen LogP contribution in [0, 0.1) is 5.82 Å². The Morgan fingerprint density at radius 2 is 2.06 bits per heavy atom. The van der Waals surface area contributed by atoms with Crippen LogP contribution in [0.1, 0.15) is 12.0 Å². The third-order valence-electron chi connectivity index (χ3n) is 3.11. The molecule has 1 aromatic carbocycles. The Morgan fingerprint density at radius 3 is 2.83 bits per heavy atom. The predicted molar refractivity (Wildman–Crippen MR) is 66.6 cm³/mol. The Kier molecular flexibility index (Phi) is 3.87. The highest BCUT2D eigenvalue weighted by atomic mass is 32.2. The van der Waals surface area contributed by atoms with Crippen molar-refractivity contribution in [1.29, 1.82) is 0 Å². The first-order valence-corrected chi connectivity index (χ1v) is 7.69. The number of benzene rings is 1. The van der Waals surface area contributed by atoms with E-state index >= 15 is 0 Å². The van der Waals surface area contributed by atoms with E-state index in [4.69, 9.17) is 0 Å². The van der Waals surface area contributed by atoms with E-state index < -0.39 is 15.7 Å². The predicted octanol–water partition coefficient (Wildman–Crippen LogP) is 1.15. The second kappa shape index (κ2) is 5.24. The number of hydrogen-bond donors (Lipinski definition) is 1. The molecule has 0 radical (unpaired) electrons. The van der Waals surface area contributed by atoms with Crippen LogP contribution in [0.4, 0.5) is 4.39 Å². The highest BCUT2D eigenvalue weighted by Gasteiger charge is 2.20. The van der Waals surface area contributed by atoms with Crippen molar-refractivity contribution in [2.24, 2.45) is 0 Å². The Labute approximate surface area is 106 Å². The molecular formula is C12H16FNO3S. The van der Waals surface area contributed by atoms with Crippen LogP contribution in [0.5, 0.6) is 5.75 Å². The number of aromatic hydroxyl groups is 1. The first kappa shape index (κ1) is 13.3. The maximum atomic E-state index is 13.2. The summed E-state index contributed by atoms with van der Waals surface area (Å²) in [4.78, 5) is 1.93. The van der Waals surface area contributed by atoms with Crippen LogP contribution in [0.2, 0.25) is 0 Å². The molecule has 0 amide bonds. The van der Waals surface area contributed by atoms with Crippen molar-refractivity contribution >= 4 is 9.84 Å². The third kappa shape index (κ3) is 3.20. The van der Waals surface area contributed by atoms with Gasteiger partial charge in [-0.2, -0.15) is 0 Å². The molecule has 1 N–H and O–H groups in total. The summed E-state index contributed by atoms with van der Waals surface area (Å²) >= 11 is 0. The zero-order valence-electron chi connectivity index (χ0n) is 9.97. The van der Waals surface area contributed by atoms with E-state index in [1.54, 1.807) is 12.1 Å². The summed E-state index contributed by atoms with van der Waals surface area (Å²) in [5.74, 6) is -0.651. The van der Waals surface area contributed by atoms with Crippen molar-refractivity contribution in [3.8, 4) is 5.75 Å². The number of rotatable bonds is 2. The van der Waals surface area contributed by atoms with E-state index in [0.29, 0.717) is 31.6 Å². The fraction of sp³-hybridized carbons (Fsp3) is 0.500. The number of phenols is 1. The minimum atomic E-state index is -2.94. The maximum absolute atomic E-state index is 13.2. The summed E-state index contributed by atoms with van der Waals surface area (Å²) in [6.07, 6.45) is 0.582. The van der Waals surface area contributed by atoms with Gasteiger partial charge in [-0.15, -0.1) is 0 Å². The van der Waals surface area contributed by atoms with Gasteiger partial charge in [0.25, 0.3) is 0 Å². The summed E-state index contributed by atoms with van der Waals surface area (Å²) in [5, 5.41) is 9.58. The topological polar surface area (TPSA) is 57.6 Å². The van der Waals surface area contributed by atoms with E-state index in [9.17, 15) is 17.9 Å². The molecule has 1 saturated heterocycles. The molecule has 4 nitrogen and oxygen atoms in total. The molecule has 0 aliphatic carbocycles. The average Bonchev–Trinajstić information content (AvgIpc) is 2.47. The lowest BCUT2D eigenvalue weighted by Gasteiger charge is -2.19. The van der Waals surface area contributed by atoms with Crippen LogP contribution in [0.15, 0.2) is 18.2 Å². The highest BCUT2D eigenvalue weighted by molar-refractivity contribution is 7.91. The van der Waals surface area contributed by atoms with Gasteiger partial charge < -0.3 is 5.11 Å². The van der Waals surface area contributed by atoms with Crippen LogP contribution >= 0.6 is 0 Å². The lowest BCUT2D eigenvalue weighted by atomic mass is 10.1. The van der Waals surface area contributed by atoms with Gasteiger partial charge in [-0.25, -0.2) is 12.8 Å². The number of para-hydroxylation sites is 1. The van der Waals surface area contributed by atoms with Gasteiger partial charge in [-0.3, -0.25) is 4.90 Å². The Bertz CT molecular complexity index is 530. The Morgan fingerprint density at radius 1 is 1.28 bits per heavy atom. The molecular weight excluding hydrogens is 257 g/mol. The summed E-state index contributed by atoms with van der Waals surface area (Å²) in [6.45, 7) is 1.45. The van der Waals surface area contributed by atoms with Crippen molar-refractivity contribution in [3.05, 3.63) is 29.6 Å². The molecule has 18 heavy (non-hydrogen) atoms. The zero-order chi connectivity index (χ0) is 13.2. The van der Waals surface area contributed by atoms with Crippen molar-refractivity contribution in [3.63, 3.8) is 0 Å². The molecule has 0 aromatic heterocycles. The molecule has 1 aromatic rings. The number of halogens is 1. The molecule has 1 aliphatic heterocycles. The number of phenolic OH excluding ortho intramolecular Hbond substituents is 1. The molecule has 0 spiro atoms. The van der Waals surface area contributed by atoms with Gasteiger partial charge in [0.2, 0.25) is 0 Å². The van der Waals surface area contributed by atoms with Crippen molar-refractivity contribution in [2.75, 3.05) is 24.6 Å². The standard InChI is InChI=1S/C12H16FNO3S/c13-11-4-1-3-10(12(11)15)9-14-5-2-7-18(16,17)8-6-14/h1,3-4,15H,2,5-9H2. The fourth-order valence-corrected chi connectivity index (χ4v) is 3.39. The average molecular weight is 273 g/mol. The van der Waals surface area contributed by atoms with Gasteiger partial charge in [0.15, 0.2) is 21.4 Å². The first-order chi connectivity index (χ1) is 8.48. The lowest BCUT2D eigenvalue weighted by molar-refractivity contribution is 0.281. The monoisotopic (exact) mass is 273 g/mol. The van der Waals surface area contributed by atoms with Gasteiger partial charge in [0.05, 0.1) is 11.5 Å². The van der Waals surface area contributed by atoms with E-state index in [0.717, 1.165) is 0 Å². The van der Waals surface area contributed by atoms with Crippen molar-refractivity contribution in [2.45, 2.75) is 13.0 Å². The second-order valence-electron chi connectivity index (χ2n) is 4.53. The largest absolute Gasteiger partial charge is 0.505 e. The summed E-state index contributed by atoms with van der Waals surface area (Å²) < 4.78 is 36.1. The molecule has 1 aliphatic rings. The minimum absolute atomic E-state index is 0.128. The number of hydrogen-bond acceptors (Lipinski definition) is 4. The molecule has 1 heterocycles. The molecule has 0 unspecified atom stereocenters. The van der Waals surface area contributed by atoms with Crippen molar-refractivity contribution in [1.82, 2.24) is 4.90 Å². The van der Waals surface area contributed by atoms with E-state index in [2.05, 4.69) is 0 Å². The van der Waals surface area contributed by atoms with Gasteiger partial charge in [0, 0.05) is 18.7 Å². The normalized spacial score (nSPS) is 20.5. The van der Waals surface area contributed by atoms with Crippen LogP contribution in [-0.2, 0) is 16.4 Å². The Hall–Kier alpha value is -1.14. The van der Waals surface area contributed by atoms with Crippen molar-refractivity contribution < 1.29 is 17.9 Å². The third-order valence-corrected chi connectivity index (χ3v) is 4.83. The summed E-state index contributed by atoms with van der Waals surface area (Å²) in [6, 6.07) is 4.39. The van der Waals surface area contributed by atoms with Crippen LogP contribution in [0.3, 0.4) is 0 Å². The van der Waals surface area contributed by atoms with Crippen LogP contribution < -0.4 is 0 Å². The van der Waals surface area contributed by atoms with Crippen LogP contribution in [-0.4, -0.2) is 43.0 Å². The van der Waals surface area contributed by atoms with E-state index in [-0.39, 0.29) is 17.3 Å². The number of sulfone groups is 1. The lowest BCUT2D eigenvalue weighted by Crippen LogP contribution is -2.26. The molecule has 0 bridgehead atoms. The first-order valence-electron chi connectivity index (χ1n) is 5.87. The molecule has 0 saturated carbocycles. The van der Waals surface area contributed by atoms with Gasteiger partial charge in [0.1, 0.15) is 0 Å². The molecule has 100 valence electrons. The summed E-state index contributed by atoms with van der Waals surface area (Å²) in [5.41, 5.74) is 0.495. The SMILES string of the molecule is O=S1(=O)CCCN(Cc2cccc(F)c2O)CC1. The van der Waals surface area contributed by atoms with Gasteiger partial charge in [-0.05, 0) is 19.0 Å². The quantitative estimate of drug-likeness (QED) is 0.878. The zero-order valence-corrected chi connectivity index (χ0v) is 10.8. The smallest absolute Gasteiger partial charge is 0.165 e. The Balaban J connectivity index is 2.08. The maximum Gasteiger partial charge on any atom is 0.165 e.